The van der Waals surface area contributed by atoms with Crippen LogP contribution in [0.25, 0.3) is 16.6 Å². The summed E-state index contributed by atoms with van der Waals surface area (Å²) in [6.45, 7) is 0.699. The number of rotatable bonds is 6. The molecular weight excluding hydrogens is 456 g/mol. The summed E-state index contributed by atoms with van der Waals surface area (Å²) in [7, 11) is 0. The lowest BCUT2D eigenvalue weighted by Crippen LogP contribution is -2.56. The predicted molar refractivity (Wildman–Crippen MR) is 125 cm³/mol. The SMILES string of the molecule is Cc1cc(-c2ccn3nc(Nc4cnn(C(F)F)c4)cc3c2)c(OC2C[C@H]3COC[C@@H](C2)N3)cn1. The number of piperidine rings is 1. The lowest BCUT2D eigenvalue weighted by Gasteiger charge is -2.40. The van der Waals surface area contributed by atoms with Crippen molar-refractivity contribution in [3.05, 3.63) is 54.7 Å². The summed E-state index contributed by atoms with van der Waals surface area (Å²) in [5.41, 5.74) is 4.13. The van der Waals surface area contributed by atoms with E-state index in [0.29, 0.717) is 41.5 Å². The van der Waals surface area contributed by atoms with E-state index in [9.17, 15) is 8.78 Å². The van der Waals surface area contributed by atoms with Crippen LogP contribution in [0.15, 0.2) is 49.1 Å². The fraction of sp³-hybridized carbons (Fsp3) is 0.375. The Balaban J connectivity index is 1.26. The van der Waals surface area contributed by atoms with Gasteiger partial charge in [0.1, 0.15) is 11.9 Å². The highest BCUT2D eigenvalue weighted by Gasteiger charge is 2.33. The van der Waals surface area contributed by atoms with Crippen LogP contribution in [0.1, 0.15) is 25.1 Å². The molecule has 2 fully saturated rings. The minimum absolute atomic E-state index is 0.0991. The number of halogens is 2. The number of pyridine rings is 2. The highest BCUT2D eigenvalue weighted by atomic mass is 19.3. The van der Waals surface area contributed by atoms with Gasteiger partial charge in [-0.1, -0.05) is 0 Å². The lowest BCUT2D eigenvalue weighted by atomic mass is 9.94. The molecule has 6 rings (SSSR count). The van der Waals surface area contributed by atoms with E-state index in [0.717, 1.165) is 40.9 Å². The first-order valence-electron chi connectivity index (χ1n) is 11.6. The maximum absolute atomic E-state index is 12.8. The maximum Gasteiger partial charge on any atom is 0.333 e. The van der Waals surface area contributed by atoms with Gasteiger partial charge in [0, 0.05) is 48.4 Å². The Kier molecular flexibility index (Phi) is 5.57. The van der Waals surface area contributed by atoms with Gasteiger partial charge in [0.05, 0.1) is 43.0 Å². The maximum atomic E-state index is 12.8. The van der Waals surface area contributed by atoms with E-state index in [1.54, 1.807) is 10.7 Å². The summed E-state index contributed by atoms with van der Waals surface area (Å²) in [6, 6.07) is 8.51. The van der Waals surface area contributed by atoms with Crippen molar-refractivity contribution in [3.8, 4) is 16.9 Å². The normalized spacial score (nSPS) is 22.0. The molecule has 0 spiro atoms. The molecule has 0 saturated carbocycles. The first-order valence-corrected chi connectivity index (χ1v) is 11.6. The van der Waals surface area contributed by atoms with Crippen molar-refractivity contribution in [2.45, 2.75) is 44.5 Å². The van der Waals surface area contributed by atoms with Crippen molar-refractivity contribution in [1.82, 2.24) is 29.7 Å². The van der Waals surface area contributed by atoms with E-state index in [4.69, 9.17) is 9.47 Å². The third-order valence-electron chi connectivity index (χ3n) is 6.35. The Morgan fingerprint density at radius 2 is 2.00 bits per heavy atom. The Morgan fingerprint density at radius 3 is 2.77 bits per heavy atom. The van der Waals surface area contributed by atoms with Crippen molar-refractivity contribution in [3.63, 3.8) is 0 Å². The van der Waals surface area contributed by atoms with Gasteiger partial charge in [-0.3, -0.25) is 4.98 Å². The number of hydrogen-bond donors (Lipinski definition) is 2. The topological polar surface area (TPSA) is 90.5 Å². The van der Waals surface area contributed by atoms with E-state index >= 15 is 0 Å². The zero-order valence-corrected chi connectivity index (χ0v) is 19.1. The third-order valence-corrected chi connectivity index (χ3v) is 6.35. The van der Waals surface area contributed by atoms with Crippen LogP contribution in [0.4, 0.5) is 20.3 Å². The van der Waals surface area contributed by atoms with E-state index in [1.807, 2.05) is 37.4 Å². The zero-order valence-electron chi connectivity index (χ0n) is 19.1. The molecule has 35 heavy (non-hydrogen) atoms. The van der Waals surface area contributed by atoms with Gasteiger partial charge in [-0.2, -0.15) is 19.0 Å². The summed E-state index contributed by atoms with van der Waals surface area (Å²) < 4.78 is 40.0. The van der Waals surface area contributed by atoms with E-state index < -0.39 is 6.55 Å². The molecule has 0 radical (unpaired) electrons. The summed E-state index contributed by atoms with van der Waals surface area (Å²) in [5, 5.41) is 14.7. The largest absolute Gasteiger partial charge is 0.488 e. The molecule has 3 atom stereocenters. The van der Waals surface area contributed by atoms with Crippen molar-refractivity contribution >= 4 is 17.0 Å². The molecule has 2 bridgehead atoms. The van der Waals surface area contributed by atoms with Crippen LogP contribution in [-0.2, 0) is 4.74 Å². The minimum Gasteiger partial charge on any atom is -0.488 e. The van der Waals surface area contributed by atoms with E-state index in [2.05, 4.69) is 25.8 Å². The quantitative estimate of drug-likeness (QED) is 0.431. The number of anilines is 2. The fourth-order valence-electron chi connectivity index (χ4n) is 4.81. The molecule has 2 N–H and O–H groups in total. The molecule has 11 heteroatoms. The monoisotopic (exact) mass is 481 g/mol. The molecule has 2 saturated heterocycles. The highest BCUT2D eigenvalue weighted by molar-refractivity contribution is 5.75. The van der Waals surface area contributed by atoms with Crippen LogP contribution in [0.3, 0.4) is 0 Å². The van der Waals surface area contributed by atoms with Crippen LogP contribution in [-0.4, -0.2) is 55.8 Å². The van der Waals surface area contributed by atoms with E-state index in [1.165, 1.54) is 12.4 Å². The molecule has 0 aliphatic carbocycles. The second kappa shape index (κ2) is 8.90. The van der Waals surface area contributed by atoms with Gasteiger partial charge >= 0.3 is 6.55 Å². The molecule has 0 amide bonds. The van der Waals surface area contributed by atoms with Crippen LogP contribution < -0.4 is 15.4 Å². The molecule has 9 nitrogen and oxygen atoms in total. The Bertz CT molecular complexity index is 1340. The van der Waals surface area contributed by atoms with Gasteiger partial charge in [0.15, 0.2) is 5.82 Å². The molecule has 182 valence electrons. The second-order valence-electron chi connectivity index (χ2n) is 9.06. The number of ether oxygens (including phenoxy) is 2. The zero-order chi connectivity index (χ0) is 23.9. The number of nitrogens with zero attached hydrogens (tertiary/aromatic N) is 5. The van der Waals surface area contributed by atoms with Gasteiger partial charge in [0.2, 0.25) is 0 Å². The molecule has 4 aromatic heterocycles. The van der Waals surface area contributed by atoms with Crippen LogP contribution in [0.2, 0.25) is 0 Å². The molecule has 2 aliphatic rings. The summed E-state index contributed by atoms with van der Waals surface area (Å²) >= 11 is 0. The van der Waals surface area contributed by atoms with Crippen LogP contribution in [0, 0.1) is 6.92 Å². The first kappa shape index (κ1) is 21.9. The van der Waals surface area contributed by atoms with E-state index in [-0.39, 0.29) is 6.10 Å². The van der Waals surface area contributed by atoms with Crippen molar-refractivity contribution in [1.29, 1.82) is 0 Å². The summed E-state index contributed by atoms with van der Waals surface area (Å²) in [6.07, 6.45) is 8.13. The van der Waals surface area contributed by atoms with Crippen LogP contribution >= 0.6 is 0 Å². The third kappa shape index (κ3) is 4.56. The van der Waals surface area contributed by atoms with Gasteiger partial charge in [-0.15, -0.1) is 0 Å². The standard InChI is InChI=1S/C24H25F2N7O2/c1-14-4-21(22(10-27-14)35-20-6-16-12-34-13-17(7-20)29-16)15-2-3-32-19(5-15)8-23(31-32)30-18-9-28-33(11-18)24(25)26/h2-5,8-11,16-17,20,24,29H,6-7,12-13H2,1H3,(H,30,31)/t16-,17+,20?. The molecule has 6 heterocycles. The molecule has 2 aliphatic heterocycles. The minimum atomic E-state index is -2.69. The average molecular weight is 482 g/mol. The number of hydrogen-bond acceptors (Lipinski definition) is 7. The van der Waals surface area contributed by atoms with Gasteiger partial charge < -0.3 is 20.1 Å². The molecule has 4 aromatic rings. The average Bonchev–Trinajstić information content (AvgIpc) is 3.46. The summed E-state index contributed by atoms with van der Waals surface area (Å²) in [5.74, 6) is 1.28. The van der Waals surface area contributed by atoms with Gasteiger partial charge in [-0.05, 0) is 30.7 Å². The number of nitrogens with one attached hydrogen (secondary N) is 2. The first-order chi connectivity index (χ1) is 17.0. The van der Waals surface area contributed by atoms with Gasteiger partial charge in [-0.25, -0.2) is 9.20 Å². The van der Waals surface area contributed by atoms with Gasteiger partial charge in [0.25, 0.3) is 0 Å². The lowest BCUT2D eigenvalue weighted by molar-refractivity contribution is -0.0122. The van der Waals surface area contributed by atoms with Crippen molar-refractivity contribution < 1.29 is 18.3 Å². The highest BCUT2D eigenvalue weighted by Crippen LogP contribution is 2.34. The smallest absolute Gasteiger partial charge is 0.333 e. The van der Waals surface area contributed by atoms with Crippen molar-refractivity contribution in [2.75, 3.05) is 18.5 Å². The summed E-state index contributed by atoms with van der Waals surface area (Å²) in [4.78, 5) is 4.48. The number of alkyl halides is 2. The Labute approximate surface area is 200 Å². The Hall–Kier alpha value is -3.57. The number of aromatic nitrogens is 5. The van der Waals surface area contributed by atoms with Crippen LogP contribution in [0.5, 0.6) is 5.75 Å². The number of fused-ring (bicyclic) bond motifs is 3. The Morgan fingerprint density at radius 1 is 1.17 bits per heavy atom. The number of morpholine rings is 1. The second-order valence-corrected chi connectivity index (χ2v) is 9.06. The predicted octanol–water partition coefficient (Wildman–Crippen LogP) is 3.94. The molecule has 1 unspecified atom stereocenters. The molecular formula is C24H25F2N7O2. The fourth-order valence-corrected chi connectivity index (χ4v) is 4.81. The van der Waals surface area contributed by atoms with Crippen molar-refractivity contribution in [2.24, 2.45) is 0 Å². The number of aryl methyl sites for hydroxylation is 1. The molecule has 0 aromatic carbocycles.